The standard InChI is InChI=1S/C16H20N2O2/c1-13-5-4-6-14(11-13)7-8-15(19)17-12-16(20)18-9-2-3-10-18/h4-8,11H,2-3,9-10,12H2,1H3,(H,17,19)/b8-7+. The summed E-state index contributed by atoms with van der Waals surface area (Å²) < 4.78 is 0. The van der Waals surface area contributed by atoms with Gasteiger partial charge in [-0.3, -0.25) is 9.59 Å². The van der Waals surface area contributed by atoms with E-state index in [-0.39, 0.29) is 18.4 Å². The minimum absolute atomic E-state index is 0.000180. The lowest BCUT2D eigenvalue weighted by Crippen LogP contribution is -2.38. The van der Waals surface area contributed by atoms with Gasteiger partial charge in [0.15, 0.2) is 0 Å². The molecule has 1 N–H and O–H groups in total. The molecule has 2 rings (SSSR count). The van der Waals surface area contributed by atoms with Gasteiger partial charge in [-0.05, 0) is 31.4 Å². The van der Waals surface area contributed by atoms with E-state index in [1.165, 1.54) is 6.08 Å². The normalized spacial score (nSPS) is 14.8. The van der Waals surface area contributed by atoms with Gasteiger partial charge in [-0.25, -0.2) is 0 Å². The Kier molecular flexibility index (Phi) is 4.93. The van der Waals surface area contributed by atoms with E-state index in [0.29, 0.717) is 0 Å². The van der Waals surface area contributed by atoms with Crippen LogP contribution in [0.25, 0.3) is 6.08 Å². The van der Waals surface area contributed by atoms with Gasteiger partial charge in [-0.1, -0.05) is 29.8 Å². The number of aryl methyl sites for hydroxylation is 1. The zero-order valence-corrected chi connectivity index (χ0v) is 11.8. The van der Waals surface area contributed by atoms with Crippen LogP contribution < -0.4 is 5.32 Å². The van der Waals surface area contributed by atoms with Crippen molar-refractivity contribution in [1.29, 1.82) is 0 Å². The lowest BCUT2D eigenvalue weighted by atomic mass is 10.1. The molecule has 1 aromatic carbocycles. The predicted octanol–water partition coefficient (Wildman–Crippen LogP) is 1.75. The first kappa shape index (κ1) is 14.3. The first-order chi connectivity index (χ1) is 9.65. The number of amides is 2. The summed E-state index contributed by atoms with van der Waals surface area (Å²) in [5, 5.41) is 2.63. The molecule has 2 amide bonds. The van der Waals surface area contributed by atoms with Crippen LogP contribution in [0.5, 0.6) is 0 Å². The van der Waals surface area contributed by atoms with Crippen LogP contribution in [0.2, 0.25) is 0 Å². The van der Waals surface area contributed by atoms with Gasteiger partial charge in [0.05, 0.1) is 6.54 Å². The molecule has 0 spiro atoms. The second-order valence-corrected chi connectivity index (χ2v) is 5.05. The molecule has 1 aliphatic rings. The van der Waals surface area contributed by atoms with Crippen molar-refractivity contribution >= 4 is 17.9 Å². The highest BCUT2D eigenvalue weighted by atomic mass is 16.2. The molecule has 1 heterocycles. The van der Waals surface area contributed by atoms with Crippen LogP contribution in [0.4, 0.5) is 0 Å². The average molecular weight is 272 g/mol. The van der Waals surface area contributed by atoms with Gasteiger partial charge in [0.25, 0.3) is 0 Å². The highest BCUT2D eigenvalue weighted by Crippen LogP contribution is 2.07. The van der Waals surface area contributed by atoms with Gasteiger partial charge < -0.3 is 10.2 Å². The minimum atomic E-state index is -0.237. The quantitative estimate of drug-likeness (QED) is 0.849. The number of likely N-dealkylation sites (tertiary alicyclic amines) is 1. The molecule has 4 heteroatoms. The molecule has 0 bridgehead atoms. The van der Waals surface area contributed by atoms with E-state index >= 15 is 0 Å². The van der Waals surface area contributed by atoms with Gasteiger partial charge in [0, 0.05) is 19.2 Å². The molecule has 1 fully saturated rings. The summed E-state index contributed by atoms with van der Waals surface area (Å²) in [6, 6.07) is 7.89. The van der Waals surface area contributed by atoms with Crippen LogP contribution in [0.1, 0.15) is 24.0 Å². The molecule has 0 saturated carbocycles. The fourth-order valence-electron chi connectivity index (χ4n) is 2.25. The molecule has 0 radical (unpaired) electrons. The van der Waals surface area contributed by atoms with Gasteiger partial charge in [0.2, 0.25) is 11.8 Å². The maximum atomic E-state index is 11.8. The van der Waals surface area contributed by atoms with E-state index in [1.807, 2.05) is 31.2 Å². The van der Waals surface area contributed by atoms with Crippen molar-refractivity contribution in [3.63, 3.8) is 0 Å². The third-order valence-electron chi connectivity index (χ3n) is 3.34. The minimum Gasteiger partial charge on any atom is -0.343 e. The first-order valence-corrected chi connectivity index (χ1v) is 6.95. The van der Waals surface area contributed by atoms with E-state index < -0.39 is 0 Å². The Hall–Kier alpha value is -2.10. The fraction of sp³-hybridized carbons (Fsp3) is 0.375. The third-order valence-corrected chi connectivity index (χ3v) is 3.34. The molecule has 0 aromatic heterocycles. The fourth-order valence-corrected chi connectivity index (χ4v) is 2.25. The van der Waals surface area contributed by atoms with Crippen molar-refractivity contribution in [3.8, 4) is 0 Å². The number of nitrogens with one attached hydrogen (secondary N) is 1. The SMILES string of the molecule is Cc1cccc(/C=C/C(=O)NCC(=O)N2CCCC2)c1. The van der Waals surface area contributed by atoms with Crippen molar-refractivity contribution in [1.82, 2.24) is 10.2 Å². The van der Waals surface area contributed by atoms with Gasteiger partial charge >= 0.3 is 0 Å². The molecule has 0 aliphatic carbocycles. The average Bonchev–Trinajstić information content (AvgIpc) is 2.97. The second kappa shape index (κ2) is 6.89. The van der Waals surface area contributed by atoms with Crippen molar-refractivity contribution in [2.45, 2.75) is 19.8 Å². The molecular formula is C16H20N2O2. The Labute approximate surface area is 119 Å². The zero-order chi connectivity index (χ0) is 14.4. The largest absolute Gasteiger partial charge is 0.343 e. The topological polar surface area (TPSA) is 49.4 Å². The number of carbonyl (C=O) groups is 2. The first-order valence-electron chi connectivity index (χ1n) is 6.95. The summed E-state index contributed by atoms with van der Waals surface area (Å²) in [7, 11) is 0. The molecule has 1 aliphatic heterocycles. The Bertz CT molecular complexity index is 517. The van der Waals surface area contributed by atoms with Crippen LogP contribution in [-0.4, -0.2) is 36.3 Å². The van der Waals surface area contributed by atoms with Gasteiger partial charge in [-0.15, -0.1) is 0 Å². The highest BCUT2D eigenvalue weighted by molar-refractivity contribution is 5.94. The van der Waals surface area contributed by atoms with Crippen LogP contribution in [0.15, 0.2) is 30.3 Å². The van der Waals surface area contributed by atoms with Crippen molar-refractivity contribution in [3.05, 3.63) is 41.5 Å². The predicted molar refractivity (Wildman–Crippen MR) is 79.0 cm³/mol. The Balaban J connectivity index is 1.79. The molecule has 0 atom stereocenters. The Morgan fingerprint density at radius 2 is 2.05 bits per heavy atom. The van der Waals surface area contributed by atoms with E-state index in [9.17, 15) is 9.59 Å². The summed E-state index contributed by atoms with van der Waals surface area (Å²) in [6.45, 7) is 3.71. The van der Waals surface area contributed by atoms with Crippen molar-refractivity contribution in [2.75, 3.05) is 19.6 Å². The smallest absolute Gasteiger partial charge is 0.244 e. The lowest BCUT2D eigenvalue weighted by molar-refractivity contribution is -0.131. The summed E-state index contributed by atoms with van der Waals surface area (Å²) in [5.74, 6) is -0.237. The van der Waals surface area contributed by atoms with Gasteiger partial charge in [-0.2, -0.15) is 0 Å². The monoisotopic (exact) mass is 272 g/mol. The van der Waals surface area contributed by atoms with Crippen molar-refractivity contribution in [2.24, 2.45) is 0 Å². The molecule has 0 unspecified atom stereocenters. The lowest BCUT2D eigenvalue weighted by Gasteiger charge is -2.14. The van der Waals surface area contributed by atoms with Gasteiger partial charge in [0.1, 0.15) is 0 Å². The summed E-state index contributed by atoms with van der Waals surface area (Å²) >= 11 is 0. The number of nitrogens with zero attached hydrogens (tertiary/aromatic N) is 1. The molecular weight excluding hydrogens is 252 g/mol. The van der Waals surface area contributed by atoms with Crippen molar-refractivity contribution < 1.29 is 9.59 Å². The zero-order valence-electron chi connectivity index (χ0n) is 11.8. The van der Waals surface area contributed by atoms with Crippen LogP contribution >= 0.6 is 0 Å². The second-order valence-electron chi connectivity index (χ2n) is 5.05. The molecule has 4 nitrogen and oxygen atoms in total. The number of rotatable bonds is 4. The molecule has 1 saturated heterocycles. The maximum absolute atomic E-state index is 11.8. The maximum Gasteiger partial charge on any atom is 0.244 e. The molecule has 106 valence electrons. The summed E-state index contributed by atoms with van der Waals surface area (Å²) in [6.07, 6.45) is 5.34. The van der Waals surface area contributed by atoms with Crippen LogP contribution in [-0.2, 0) is 9.59 Å². The van der Waals surface area contributed by atoms with Crippen LogP contribution in [0.3, 0.4) is 0 Å². The van der Waals surface area contributed by atoms with E-state index in [0.717, 1.165) is 37.1 Å². The van der Waals surface area contributed by atoms with E-state index in [1.54, 1.807) is 11.0 Å². The molecule has 1 aromatic rings. The molecule has 20 heavy (non-hydrogen) atoms. The van der Waals surface area contributed by atoms with E-state index in [2.05, 4.69) is 5.32 Å². The number of benzene rings is 1. The number of hydrogen-bond acceptors (Lipinski definition) is 2. The third kappa shape index (κ3) is 4.23. The number of hydrogen-bond donors (Lipinski definition) is 1. The Morgan fingerprint density at radius 3 is 2.75 bits per heavy atom. The highest BCUT2D eigenvalue weighted by Gasteiger charge is 2.17. The summed E-state index contributed by atoms with van der Waals surface area (Å²) in [5.41, 5.74) is 2.13. The number of carbonyl (C=O) groups excluding carboxylic acids is 2. The van der Waals surface area contributed by atoms with E-state index in [4.69, 9.17) is 0 Å². The van der Waals surface area contributed by atoms with Crippen LogP contribution in [0, 0.1) is 6.92 Å². The summed E-state index contributed by atoms with van der Waals surface area (Å²) in [4.78, 5) is 25.2. The Morgan fingerprint density at radius 1 is 1.30 bits per heavy atom.